The number of H-pyrrole nitrogens is 1. The zero-order chi connectivity index (χ0) is 19.1. The van der Waals surface area contributed by atoms with Crippen LogP contribution < -0.4 is 4.90 Å². The van der Waals surface area contributed by atoms with E-state index >= 15 is 0 Å². The van der Waals surface area contributed by atoms with Gasteiger partial charge in [-0.1, -0.05) is 6.92 Å². The van der Waals surface area contributed by atoms with Crippen LogP contribution in [-0.4, -0.2) is 58.4 Å². The number of piperidine rings is 1. The highest BCUT2D eigenvalue weighted by atomic mass is 16.2. The van der Waals surface area contributed by atoms with E-state index in [0.29, 0.717) is 23.3 Å². The van der Waals surface area contributed by atoms with Crippen LogP contribution in [0, 0.1) is 12.5 Å². The zero-order valence-electron chi connectivity index (χ0n) is 16.1. The number of hydrogen-bond donors (Lipinski definition) is 1. The van der Waals surface area contributed by atoms with Crippen LogP contribution in [-0.2, 0) is 4.79 Å². The predicted octanol–water partition coefficient (Wildman–Crippen LogP) is 1.55. The maximum Gasteiger partial charge on any atom is 0.302 e. The Kier molecular flexibility index (Phi) is 3.23. The molecule has 0 aromatic carbocycles. The smallest absolute Gasteiger partial charge is 0.302 e. The Labute approximate surface area is 139 Å². The lowest BCUT2D eigenvalue weighted by atomic mass is 9.92. The molecule has 120 valence electrons. The monoisotopic (exact) mass is 315 g/mol. The van der Waals surface area contributed by atoms with Gasteiger partial charge in [-0.2, -0.15) is 0 Å². The quantitative estimate of drug-likeness (QED) is 0.873. The molecule has 1 amide bonds. The number of likely N-dealkylation sites (N-methyl/N-ethyl adjacent to an activating group) is 1. The number of rotatable bonds is 3. The minimum atomic E-state index is -1.97. The highest BCUT2D eigenvalue weighted by Gasteiger charge is 2.33. The van der Waals surface area contributed by atoms with Crippen LogP contribution in [0.5, 0.6) is 0 Å². The summed E-state index contributed by atoms with van der Waals surface area (Å²) in [5.74, 6) is -0.113. The van der Waals surface area contributed by atoms with E-state index in [2.05, 4.69) is 19.8 Å². The van der Waals surface area contributed by atoms with Gasteiger partial charge in [0.2, 0.25) is 0 Å². The van der Waals surface area contributed by atoms with Crippen molar-refractivity contribution in [3.63, 3.8) is 0 Å². The van der Waals surface area contributed by atoms with E-state index in [0.717, 1.165) is 4.90 Å². The van der Waals surface area contributed by atoms with E-state index in [1.54, 1.807) is 24.2 Å². The molecule has 3 rings (SSSR count). The van der Waals surface area contributed by atoms with Gasteiger partial charge in [0.1, 0.15) is 19.1 Å². The molecule has 1 fully saturated rings. The van der Waals surface area contributed by atoms with Gasteiger partial charge in [-0.25, -0.2) is 16.5 Å². The molecular weight excluding hydrogens is 292 g/mol. The average molecular weight is 315 g/mol. The second kappa shape index (κ2) is 6.24. The van der Waals surface area contributed by atoms with Crippen molar-refractivity contribution in [3.05, 3.63) is 30.0 Å². The maximum atomic E-state index is 12.2. The second-order valence-electron chi connectivity index (χ2n) is 5.70. The Morgan fingerprint density at radius 3 is 3.30 bits per heavy atom. The van der Waals surface area contributed by atoms with Crippen LogP contribution in [0.3, 0.4) is 0 Å². The van der Waals surface area contributed by atoms with Crippen molar-refractivity contribution in [2.24, 2.45) is 5.92 Å². The molecule has 1 aliphatic heterocycles. The van der Waals surface area contributed by atoms with Crippen LogP contribution in [0.25, 0.3) is 15.9 Å². The molecule has 23 heavy (non-hydrogen) atoms. The van der Waals surface area contributed by atoms with E-state index in [-0.39, 0.29) is 25.3 Å². The number of aromatic amines is 1. The topological polar surface area (TPSA) is 69.5 Å². The third kappa shape index (κ3) is 2.84. The normalized spacial score (nSPS) is 25.3. The molecule has 1 aliphatic rings. The fraction of sp³-hybridized carbons (Fsp3) is 0.500. The minimum Gasteiger partial charge on any atom is -0.354 e. The van der Waals surface area contributed by atoms with Gasteiger partial charge in [0.15, 0.2) is 0 Å². The molecule has 0 unspecified atom stereocenters. The molecule has 0 bridgehead atoms. The van der Waals surface area contributed by atoms with Crippen molar-refractivity contribution in [2.45, 2.75) is 19.4 Å². The third-order valence-corrected chi connectivity index (χ3v) is 4.19. The van der Waals surface area contributed by atoms with E-state index in [1.165, 1.54) is 0 Å². The molecule has 2 aromatic heterocycles. The first-order valence-electron chi connectivity index (χ1n) is 8.95. The van der Waals surface area contributed by atoms with E-state index in [1.807, 2.05) is 6.92 Å². The molecule has 0 saturated carbocycles. The summed E-state index contributed by atoms with van der Waals surface area (Å²) in [5.41, 5.74) is 0.511. The molecule has 1 saturated heterocycles. The molecular formula is C16H20N6O. The number of hydrogen-bond acceptors (Lipinski definition) is 4. The summed E-state index contributed by atoms with van der Waals surface area (Å²) in [4.78, 5) is 29.4. The molecule has 7 nitrogen and oxygen atoms in total. The second-order valence-corrected chi connectivity index (χ2v) is 5.70. The first kappa shape index (κ1) is 11.9. The highest BCUT2D eigenvalue weighted by Crippen LogP contribution is 2.28. The first-order chi connectivity index (χ1) is 12.3. The van der Waals surface area contributed by atoms with Crippen molar-refractivity contribution in [1.29, 1.82) is 0 Å². The molecule has 2 aromatic rings. The van der Waals surface area contributed by atoms with Gasteiger partial charge >= 0.3 is 5.91 Å². The van der Waals surface area contributed by atoms with Crippen molar-refractivity contribution >= 4 is 22.8 Å². The molecule has 0 spiro atoms. The number of likely N-dealkylation sites (tertiary alicyclic amines) is 1. The maximum absolute atomic E-state index is 12.2. The van der Waals surface area contributed by atoms with Crippen LogP contribution >= 0.6 is 0 Å². The number of carbonyl (C=O) groups is 1. The minimum absolute atomic E-state index is 0.0508. The first-order valence-corrected chi connectivity index (χ1v) is 7.45. The van der Waals surface area contributed by atoms with Crippen molar-refractivity contribution in [3.8, 4) is 0 Å². The van der Waals surface area contributed by atoms with Crippen LogP contribution in [0.15, 0.2) is 18.6 Å². The number of nitrogens with one attached hydrogen (secondary N) is 1. The Balaban J connectivity index is 2.03. The van der Waals surface area contributed by atoms with Gasteiger partial charge in [-0.15, -0.1) is 0 Å². The fourth-order valence-corrected chi connectivity index (χ4v) is 2.88. The number of anilines is 1. The van der Waals surface area contributed by atoms with Crippen LogP contribution in [0.1, 0.15) is 17.5 Å². The average Bonchev–Trinajstić information content (AvgIpc) is 3.01. The Hall–Kier alpha value is -2.62. The molecule has 3 heterocycles. The van der Waals surface area contributed by atoms with Gasteiger partial charge in [0, 0.05) is 26.3 Å². The molecule has 0 aliphatic carbocycles. The highest BCUT2D eigenvalue weighted by molar-refractivity contribution is 5.87. The van der Waals surface area contributed by atoms with Gasteiger partial charge in [0.05, 0.1) is 14.2 Å². The lowest BCUT2D eigenvalue weighted by Gasteiger charge is -2.41. The summed E-state index contributed by atoms with van der Waals surface area (Å²) in [6, 6.07) is 1.12. The lowest BCUT2D eigenvalue weighted by molar-refractivity contribution is -0.130. The lowest BCUT2D eigenvalue weighted by Crippen LogP contribution is -2.53. The number of fused-ring (bicyclic) bond motifs is 1. The molecule has 0 radical (unpaired) electrons. The standard InChI is InChI=1S/C16H20N6O/c1-11-5-7-22(14(23)8-17-2)9-13(11)21(3)16-12-4-6-18-15(12)19-10-20-16/h4,6,10-11,13H,5,7-9H2,1,3H3,(H,18,19,20)/t11-,13+/m1/s1/i9D2,10D. The summed E-state index contributed by atoms with van der Waals surface area (Å²) < 4.78 is 25.0. The molecule has 7 heteroatoms. The van der Waals surface area contributed by atoms with Crippen molar-refractivity contribution in [1.82, 2.24) is 19.9 Å². The predicted molar refractivity (Wildman–Crippen MR) is 87.9 cm³/mol. The third-order valence-electron chi connectivity index (χ3n) is 4.19. The van der Waals surface area contributed by atoms with Crippen LogP contribution in [0.4, 0.5) is 5.82 Å². The Bertz CT molecular complexity index is 876. The van der Waals surface area contributed by atoms with E-state index in [4.69, 9.17) is 10.7 Å². The van der Waals surface area contributed by atoms with Gasteiger partial charge in [-0.05, 0) is 18.4 Å². The number of amides is 1. The fourth-order valence-electron chi connectivity index (χ4n) is 2.88. The van der Waals surface area contributed by atoms with Crippen LogP contribution in [0.2, 0.25) is 0 Å². The van der Waals surface area contributed by atoms with Gasteiger partial charge in [-0.3, -0.25) is 4.79 Å². The van der Waals surface area contributed by atoms with Crippen molar-refractivity contribution in [2.75, 3.05) is 31.5 Å². The number of aromatic nitrogens is 3. The van der Waals surface area contributed by atoms with E-state index in [9.17, 15) is 4.79 Å². The van der Waals surface area contributed by atoms with E-state index < -0.39 is 18.4 Å². The summed E-state index contributed by atoms with van der Waals surface area (Å²) in [5, 5.41) is 0.691. The number of nitrogens with zero attached hydrogens (tertiary/aromatic N) is 5. The SMILES string of the molecule is [2H]c1nc(N(C)[C@@H]2[C@H](C)CCN(C(=O)C[N+]#[C-])C2([2H])[2H])c2cc[nH]c2n1. The Morgan fingerprint density at radius 1 is 1.70 bits per heavy atom. The van der Waals surface area contributed by atoms with Gasteiger partial charge in [0.25, 0.3) is 6.54 Å². The number of carbonyl (C=O) groups excluding carboxylic acids is 1. The van der Waals surface area contributed by atoms with Crippen molar-refractivity contribution < 1.29 is 8.91 Å². The summed E-state index contributed by atoms with van der Waals surface area (Å²) in [6.45, 7) is 6.77. The zero-order valence-corrected chi connectivity index (χ0v) is 13.1. The Morgan fingerprint density at radius 2 is 2.52 bits per heavy atom. The summed E-state index contributed by atoms with van der Waals surface area (Å²) in [6.07, 6.45) is 2.15. The molecule has 2 atom stereocenters. The summed E-state index contributed by atoms with van der Waals surface area (Å²) >= 11 is 0. The largest absolute Gasteiger partial charge is 0.354 e. The van der Waals surface area contributed by atoms with Gasteiger partial charge < -0.3 is 19.6 Å². The summed E-state index contributed by atoms with van der Waals surface area (Å²) in [7, 11) is 1.72. The molecule has 1 N–H and O–H groups in total.